The quantitative estimate of drug-likeness (QED) is 0.729. The van der Waals surface area contributed by atoms with Crippen LogP contribution in [0.25, 0.3) is 0 Å². The molecule has 0 bridgehead atoms. The van der Waals surface area contributed by atoms with Gasteiger partial charge in [0.15, 0.2) is 0 Å². The van der Waals surface area contributed by atoms with Crippen LogP contribution >= 0.6 is 15.9 Å². The van der Waals surface area contributed by atoms with Crippen LogP contribution in [0.15, 0.2) is 16.6 Å². The highest BCUT2D eigenvalue weighted by molar-refractivity contribution is 9.10. The molecule has 2 nitrogen and oxygen atoms in total. The summed E-state index contributed by atoms with van der Waals surface area (Å²) in [6, 6.07) is 4.97. The van der Waals surface area contributed by atoms with Crippen molar-refractivity contribution in [3.05, 3.63) is 27.7 Å². The largest absolute Gasteiger partial charge is 0.493 e. The maximum Gasteiger partial charge on any atom is 0.125 e. The predicted molar refractivity (Wildman–Crippen MR) is 93.2 cm³/mol. The number of hydrogen-bond acceptors (Lipinski definition) is 2. The van der Waals surface area contributed by atoms with Gasteiger partial charge in [-0.1, -0.05) is 49.0 Å². The highest BCUT2D eigenvalue weighted by Crippen LogP contribution is 2.34. The molecule has 0 radical (unpaired) electrons. The van der Waals surface area contributed by atoms with E-state index in [1.807, 2.05) is 0 Å². The van der Waals surface area contributed by atoms with Crippen molar-refractivity contribution in [3.63, 3.8) is 0 Å². The molecule has 0 aliphatic carbocycles. The highest BCUT2D eigenvalue weighted by atomic mass is 79.9. The minimum Gasteiger partial charge on any atom is -0.493 e. The fraction of sp³-hybridized carbons (Fsp3) is 0.667. The van der Waals surface area contributed by atoms with Crippen molar-refractivity contribution in [2.75, 3.05) is 13.7 Å². The third-order valence-corrected chi connectivity index (χ3v) is 5.12. The van der Waals surface area contributed by atoms with Gasteiger partial charge < -0.3 is 10.1 Å². The fourth-order valence-electron chi connectivity index (χ4n) is 3.40. The second kappa shape index (κ2) is 8.19. The Kier molecular flexibility index (Phi) is 6.56. The van der Waals surface area contributed by atoms with Crippen molar-refractivity contribution in [2.24, 2.45) is 5.92 Å². The standard InChI is InChI=1S/C18H28BrNO/c1-4-6-7-13(5-2)17(20-3)12-15-11-16(19)10-14-8-9-21-18(14)15/h10-11,13,17,20H,4-9,12H2,1-3H3. The molecule has 0 saturated carbocycles. The van der Waals surface area contributed by atoms with E-state index in [9.17, 15) is 0 Å². The first kappa shape index (κ1) is 16.8. The normalized spacial score (nSPS) is 16.4. The lowest BCUT2D eigenvalue weighted by Gasteiger charge is -2.27. The van der Waals surface area contributed by atoms with Crippen LogP contribution in [0.4, 0.5) is 0 Å². The van der Waals surface area contributed by atoms with E-state index in [1.165, 1.54) is 41.3 Å². The molecule has 21 heavy (non-hydrogen) atoms. The number of hydrogen-bond donors (Lipinski definition) is 1. The van der Waals surface area contributed by atoms with Crippen LogP contribution in [0.3, 0.4) is 0 Å². The van der Waals surface area contributed by atoms with Crippen LogP contribution in [0.5, 0.6) is 5.75 Å². The van der Waals surface area contributed by atoms with Gasteiger partial charge in [0.05, 0.1) is 6.61 Å². The molecule has 2 rings (SSSR count). The Morgan fingerprint density at radius 1 is 1.33 bits per heavy atom. The lowest BCUT2D eigenvalue weighted by atomic mass is 9.87. The van der Waals surface area contributed by atoms with E-state index in [1.54, 1.807) is 0 Å². The summed E-state index contributed by atoms with van der Waals surface area (Å²) in [6.45, 7) is 5.42. The van der Waals surface area contributed by atoms with Crippen LogP contribution in [0.1, 0.15) is 50.7 Å². The molecule has 0 spiro atoms. The number of unbranched alkanes of at least 4 members (excludes halogenated alkanes) is 1. The Hall–Kier alpha value is -0.540. The molecule has 0 fully saturated rings. The Labute approximate surface area is 137 Å². The third-order valence-electron chi connectivity index (χ3n) is 4.66. The van der Waals surface area contributed by atoms with Gasteiger partial charge in [0, 0.05) is 16.9 Å². The lowest BCUT2D eigenvalue weighted by molar-refractivity contribution is 0.320. The topological polar surface area (TPSA) is 21.3 Å². The maximum atomic E-state index is 5.88. The molecule has 1 aliphatic heterocycles. The summed E-state index contributed by atoms with van der Waals surface area (Å²) < 4.78 is 7.05. The molecule has 2 atom stereocenters. The van der Waals surface area contributed by atoms with Gasteiger partial charge in [-0.05, 0) is 49.1 Å². The zero-order valence-electron chi connectivity index (χ0n) is 13.5. The van der Waals surface area contributed by atoms with Crippen LogP contribution < -0.4 is 10.1 Å². The van der Waals surface area contributed by atoms with Crippen LogP contribution in [0, 0.1) is 5.92 Å². The lowest BCUT2D eigenvalue weighted by Crippen LogP contribution is -2.35. The molecule has 3 heteroatoms. The maximum absolute atomic E-state index is 5.88. The van der Waals surface area contributed by atoms with Crippen molar-refractivity contribution in [2.45, 2.75) is 58.4 Å². The summed E-state index contributed by atoms with van der Waals surface area (Å²) in [5.41, 5.74) is 2.71. The summed E-state index contributed by atoms with van der Waals surface area (Å²) in [5.74, 6) is 1.88. The number of ether oxygens (including phenoxy) is 1. The van der Waals surface area contributed by atoms with Crippen molar-refractivity contribution in [1.29, 1.82) is 0 Å². The molecule has 0 aromatic heterocycles. The first-order valence-corrected chi connectivity index (χ1v) is 9.10. The van der Waals surface area contributed by atoms with Crippen LogP contribution in [0.2, 0.25) is 0 Å². The molecule has 0 amide bonds. The first-order chi connectivity index (χ1) is 10.2. The van der Waals surface area contributed by atoms with Gasteiger partial charge in [0.2, 0.25) is 0 Å². The molecule has 1 aromatic rings. The molecular formula is C18H28BrNO. The Balaban J connectivity index is 2.14. The molecule has 1 N–H and O–H groups in total. The van der Waals surface area contributed by atoms with Gasteiger partial charge in [-0.25, -0.2) is 0 Å². The summed E-state index contributed by atoms with van der Waals surface area (Å²) in [6.07, 6.45) is 7.25. The average Bonchev–Trinajstić information content (AvgIpc) is 2.94. The Morgan fingerprint density at radius 2 is 2.14 bits per heavy atom. The van der Waals surface area contributed by atoms with Gasteiger partial charge in [0.1, 0.15) is 5.75 Å². The minimum absolute atomic E-state index is 0.532. The van der Waals surface area contributed by atoms with E-state index in [4.69, 9.17) is 4.74 Å². The van der Waals surface area contributed by atoms with E-state index in [-0.39, 0.29) is 0 Å². The minimum atomic E-state index is 0.532. The van der Waals surface area contributed by atoms with E-state index >= 15 is 0 Å². The van der Waals surface area contributed by atoms with E-state index in [2.05, 4.69) is 54.3 Å². The molecular weight excluding hydrogens is 326 g/mol. The monoisotopic (exact) mass is 353 g/mol. The molecule has 0 saturated heterocycles. The van der Waals surface area contributed by atoms with Crippen LogP contribution in [-0.4, -0.2) is 19.7 Å². The zero-order chi connectivity index (χ0) is 15.2. The number of rotatable bonds is 8. The SMILES string of the molecule is CCCCC(CC)C(Cc1cc(Br)cc2c1OCC2)NC. The smallest absolute Gasteiger partial charge is 0.125 e. The van der Waals surface area contributed by atoms with E-state index in [0.717, 1.165) is 31.1 Å². The number of benzene rings is 1. The number of likely N-dealkylation sites (N-methyl/N-ethyl adjacent to an activating group) is 1. The Morgan fingerprint density at radius 3 is 2.81 bits per heavy atom. The second-order valence-corrected chi connectivity index (χ2v) is 6.98. The van der Waals surface area contributed by atoms with Crippen molar-refractivity contribution < 1.29 is 4.74 Å². The number of nitrogens with one attached hydrogen (secondary N) is 1. The molecule has 1 aliphatic rings. The van der Waals surface area contributed by atoms with Crippen molar-refractivity contribution in [1.82, 2.24) is 5.32 Å². The molecule has 1 heterocycles. The zero-order valence-corrected chi connectivity index (χ0v) is 15.1. The summed E-state index contributed by atoms with van der Waals surface area (Å²) in [4.78, 5) is 0. The van der Waals surface area contributed by atoms with Gasteiger partial charge in [0.25, 0.3) is 0 Å². The van der Waals surface area contributed by atoms with Crippen LogP contribution in [-0.2, 0) is 12.8 Å². The predicted octanol–water partition coefficient (Wildman–Crippen LogP) is 4.73. The third kappa shape index (κ3) is 4.23. The first-order valence-electron chi connectivity index (χ1n) is 8.30. The van der Waals surface area contributed by atoms with E-state index in [0.29, 0.717) is 6.04 Å². The number of halogens is 1. The van der Waals surface area contributed by atoms with E-state index < -0.39 is 0 Å². The highest BCUT2D eigenvalue weighted by Gasteiger charge is 2.23. The van der Waals surface area contributed by atoms with Gasteiger partial charge >= 0.3 is 0 Å². The second-order valence-electron chi connectivity index (χ2n) is 6.06. The average molecular weight is 354 g/mol. The number of fused-ring (bicyclic) bond motifs is 1. The van der Waals surface area contributed by atoms with Gasteiger partial charge in [-0.15, -0.1) is 0 Å². The van der Waals surface area contributed by atoms with Crippen molar-refractivity contribution >= 4 is 15.9 Å². The van der Waals surface area contributed by atoms with Gasteiger partial charge in [-0.2, -0.15) is 0 Å². The summed E-state index contributed by atoms with van der Waals surface area (Å²) in [7, 11) is 2.10. The van der Waals surface area contributed by atoms with Crippen molar-refractivity contribution in [3.8, 4) is 5.75 Å². The summed E-state index contributed by atoms with van der Waals surface area (Å²) in [5, 5.41) is 3.55. The molecule has 118 valence electrons. The molecule has 1 aromatic carbocycles. The Bertz CT molecular complexity index is 461. The van der Waals surface area contributed by atoms with Gasteiger partial charge in [-0.3, -0.25) is 0 Å². The molecule has 2 unspecified atom stereocenters. The summed E-state index contributed by atoms with van der Waals surface area (Å²) >= 11 is 3.65. The fourth-order valence-corrected chi connectivity index (χ4v) is 3.95.